The van der Waals surface area contributed by atoms with E-state index >= 15 is 0 Å². The predicted molar refractivity (Wildman–Crippen MR) is 91.4 cm³/mol. The van der Waals surface area contributed by atoms with Crippen molar-refractivity contribution in [1.82, 2.24) is 14.5 Å². The highest BCUT2D eigenvalue weighted by Gasteiger charge is 2.37. The van der Waals surface area contributed by atoms with Crippen molar-refractivity contribution >= 4 is 15.7 Å². The summed E-state index contributed by atoms with van der Waals surface area (Å²) in [6.07, 6.45) is 1.94. The van der Waals surface area contributed by atoms with E-state index in [9.17, 15) is 13.2 Å². The standard InChI is InChI=1S/C17H19N3O4S/c1-24-13-6-4-5-12(11-13)14-15(16(21)19-7-2-3-8-19)20-9-10-25(22,23)17(20)18-14/h4-6,11H,2-3,7-10H2,1H3. The van der Waals surface area contributed by atoms with Gasteiger partial charge in [0.2, 0.25) is 15.0 Å². The van der Waals surface area contributed by atoms with E-state index in [2.05, 4.69) is 4.98 Å². The molecule has 0 spiro atoms. The summed E-state index contributed by atoms with van der Waals surface area (Å²) < 4.78 is 31.4. The maximum absolute atomic E-state index is 13.1. The molecule has 0 unspecified atom stereocenters. The van der Waals surface area contributed by atoms with Crippen LogP contribution >= 0.6 is 0 Å². The number of nitrogens with zero attached hydrogens (tertiary/aromatic N) is 3. The number of likely N-dealkylation sites (tertiary alicyclic amines) is 1. The van der Waals surface area contributed by atoms with Crippen LogP contribution in [0, 0.1) is 0 Å². The molecule has 2 aliphatic heterocycles. The number of benzene rings is 1. The van der Waals surface area contributed by atoms with Crippen LogP contribution in [0.3, 0.4) is 0 Å². The predicted octanol–water partition coefficient (Wildman–Crippen LogP) is 1.58. The number of carbonyl (C=O) groups excluding carboxylic acids is 1. The summed E-state index contributed by atoms with van der Waals surface area (Å²) in [4.78, 5) is 19.2. The van der Waals surface area contributed by atoms with Crippen LogP contribution in [0.2, 0.25) is 0 Å². The molecule has 0 N–H and O–H groups in total. The van der Waals surface area contributed by atoms with Crippen molar-refractivity contribution in [3.63, 3.8) is 0 Å². The second-order valence-electron chi connectivity index (χ2n) is 6.29. The molecule has 3 heterocycles. The third-order valence-electron chi connectivity index (χ3n) is 4.73. The van der Waals surface area contributed by atoms with Gasteiger partial charge in [0.05, 0.1) is 12.9 Å². The van der Waals surface area contributed by atoms with Gasteiger partial charge in [-0.2, -0.15) is 0 Å². The first kappa shape index (κ1) is 16.1. The number of hydrogen-bond donors (Lipinski definition) is 0. The number of sulfone groups is 1. The van der Waals surface area contributed by atoms with Crippen LogP contribution < -0.4 is 4.74 Å². The van der Waals surface area contributed by atoms with Gasteiger partial charge in [0.1, 0.15) is 17.1 Å². The minimum Gasteiger partial charge on any atom is -0.497 e. The van der Waals surface area contributed by atoms with E-state index in [1.165, 1.54) is 0 Å². The van der Waals surface area contributed by atoms with Crippen molar-refractivity contribution in [2.24, 2.45) is 0 Å². The van der Waals surface area contributed by atoms with Gasteiger partial charge >= 0.3 is 0 Å². The summed E-state index contributed by atoms with van der Waals surface area (Å²) in [6, 6.07) is 7.18. The van der Waals surface area contributed by atoms with Gasteiger partial charge in [0.15, 0.2) is 0 Å². The zero-order chi connectivity index (χ0) is 17.6. The number of amides is 1. The number of methoxy groups -OCH3 is 1. The summed E-state index contributed by atoms with van der Waals surface area (Å²) >= 11 is 0. The van der Waals surface area contributed by atoms with Gasteiger partial charge in [-0.1, -0.05) is 12.1 Å². The molecule has 0 bridgehead atoms. The molecule has 1 saturated heterocycles. The summed E-state index contributed by atoms with van der Waals surface area (Å²) in [5.74, 6) is 0.479. The smallest absolute Gasteiger partial charge is 0.272 e. The van der Waals surface area contributed by atoms with E-state index in [1.54, 1.807) is 34.8 Å². The van der Waals surface area contributed by atoms with Gasteiger partial charge < -0.3 is 14.2 Å². The fraction of sp³-hybridized carbons (Fsp3) is 0.412. The minimum atomic E-state index is -3.44. The third-order valence-corrected chi connectivity index (χ3v) is 6.32. The molecular weight excluding hydrogens is 342 g/mol. The van der Waals surface area contributed by atoms with Crippen LogP contribution in [0.15, 0.2) is 29.4 Å². The zero-order valence-corrected chi connectivity index (χ0v) is 14.8. The van der Waals surface area contributed by atoms with Crippen molar-refractivity contribution in [3.05, 3.63) is 30.0 Å². The fourth-order valence-corrected chi connectivity index (χ4v) is 4.79. The number of aromatic nitrogens is 2. The molecule has 0 atom stereocenters. The summed E-state index contributed by atoms with van der Waals surface area (Å²) in [5.41, 5.74) is 1.46. The van der Waals surface area contributed by atoms with Crippen molar-refractivity contribution in [1.29, 1.82) is 0 Å². The lowest BCUT2D eigenvalue weighted by Gasteiger charge is -2.17. The highest BCUT2D eigenvalue weighted by atomic mass is 32.2. The van der Waals surface area contributed by atoms with Gasteiger partial charge in [0, 0.05) is 25.2 Å². The van der Waals surface area contributed by atoms with Gasteiger partial charge in [-0.15, -0.1) is 0 Å². The SMILES string of the molecule is COc1cccc(-c2nc3n(c2C(=O)N2CCCC2)CCS3(=O)=O)c1. The van der Waals surface area contributed by atoms with E-state index < -0.39 is 9.84 Å². The Labute approximate surface area is 146 Å². The zero-order valence-electron chi connectivity index (χ0n) is 13.9. The van der Waals surface area contributed by atoms with E-state index in [-0.39, 0.29) is 23.4 Å². The first-order valence-electron chi connectivity index (χ1n) is 8.28. The van der Waals surface area contributed by atoms with E-state index in [1.807, 2.05) is 6.07 Å². The molecule has 1 amide bonds. The van der Waals surface area contributed by atoms with Gasteiger partial charge in [0.25, 0.3) is 5.91 Å². The number of carbonyl (C=O) groups is 1. The highest BCUT2D eigenvalue weighted by molar-refractivity contribution is 7.91. The molecule has 0 aliphatic carbocycles. The normalized spacial score (nSPS) is 18.4. The molecule has 0 saturated carbocycles. The lowest BCUT2D eigenvalue weighted by Crippen LogP contribution is -2.30. The largest absolute Gasteiger partial charge is 0.497 e. The lowest BCUT2D eigenvalue weighted by atomic mass is 10.1. The number of hydrogen-bond acceptors (Lipinski definition) is 5. The molecule has 1 aromatic heterocycles. The van der Waals surface area contributed by atoms with Crippen LogP contribution in [0.4, 0.5) is 0 Å². The maximum atomic E-state index is 13.1. The van der Waals surface area contributed by atoms with Gasteiger partial charge in [-0.25, -0.2) is 13.4 Å². The van der Waals surface area contributed by atoms with E-state index in [0.717, 1.165) is 12.8 Å². The first-order valence-corrected chi connectivity index (χ1v) is 9.93. The van der Waals surface area contributed by atoms with Crippen LogP contribution in [-0.4, -0.2) is 54.7 Å². The minimum absolute atomic E-state index is 0.00595. The average molecular weight is 361 g/mol. The quantitative estimate of drug-likeness (QED) is 0.829. The van der Waals surface area contributed by atoms with Crippen LogP contribution in [0.1, 0.15) is 23.3 Å². The molecule has 2 aliphatic rings. The number of ether oxygens (including phenoxy) is 1. The molecule has 1 aromatic carbocycles. The molecule has 7 nitrogen and oxygen atoms in total. The molecule has 8 heteroatoms. The molecule has 4 rings (SSSR count). The molecule has 25 heavy (non-hydrogen) atoms. The second-order valence-corrected chi connectivity index (χ2v) is 8.30. The Morgan fingerprint density at radius 2 is 1.96 bits per heavy atom. The Morgan fingerprint density at radius 1 is 1.20 bits per heavy atom. The fourth-order valence-electron chi connectivity index (χ4n) is 3.44. The van der Waals surface area contributed by atoms with Crippen molar-refractivity contribution in [2.75, 3.05) is 26.0 Å². The van der Waals surface area contributed by atoms with Crippen LogP contribution in [0.5, 0.6) is 5.75 Å². The molecular formula is C17H19N3O4S. The molecule has 0 radical (unpaired) electrons. The van der Waals surface area contributed by atoms with Crippen LogP contribution in [0.25, 0.3) is 11.3 Å². The average Bonchev–Trinajstić information content (AvgIpc) is 3.32. The summed E-state index contributed by atoms with van der Waals surface area (Å²) in [6.45, 7) is 1.66. The monoisotopic (exact) mass is 361 g/mol. The maximum Gasteiger partial charge on any atom is 0.272 e. The van der Waals surface area contributed by atoms with E-state index in [0.29, 0.717) is 35.8 Å². The number of imidazole rings is 1. The third kappa shape index (κ3) is 2.60. The molecule has 2 aromatic rings. The number of rotatable bonds is 3. The Kier molecular flexibility index (Phi) is 3.79. The lowest BCUT2D eigenvalue weighted by molar-refractivity contribution is 0.0782. The summed E-state index contributed by atoms with van der Waals surface area (Å²) in [5, 5.41) is -0.00660. The Bertz CT molecular complexity index is 943. The van der Waals surface area contributed by atoms with Gasteiger partial charge in [-0.3, -0.25) is 4.79 Å². The molecule has 132 valence electrons. The Morgan fingerprint density at radius 3 is 2.68 bits per heavy atom. The number of fused-ring (bicyclic) bond motifs is 1. The second kappa shape index (κ2) is 5.87. The van der Waals surface area contributed by atoms with Crippen LogP contribution in [-0.2, 0) is 16.4 Å². The topological polar surface area (TPSA) is 81.5 Å². The molecule has 1 fully saturated rings. The first-order chi connectivity index (χ1) is 12.0. The van der Waals surface area contributed by atoms with E-state index in [4.69, 9.17) is 4.74 Å². The van der Waals surface area contributed by atoms with Crippen molar-refractivity contribution in [3.8, 4) is 17.0 Å². The Balaban J connectivity index is 1.90. The summed E-state index contributed by atoms with van der Waals surface area (Å²) in [7, 11) is -1.88. The van der Waals surface area contributed by atoms with Gasteiger partial charge in [-0.05, 0) is 25.0 Å². The van der Waals surface area contributed by atoms with Crippen molar-refractivity contribution in [2.45, 2.75) is 24.5 Å². The van der Waals surface area contributed by atoms with Crippen molar-refractivity contribution < 1.29 is 17.9 Å². The highest BCUT2D eigenvalue weighted by Crippen LogP contribution is 2.33. The Hall–Kier alpha value is -2.35.